The normalized spacial score (nSPS) is 14.8. The Kier molecular flexibility index (Phi) is 3.80. The van der Waals surface area contributed by atoms with Gasteiger partial charge in [0.05, 0.1) is 5.75 Å². The van der Waals surface area contributed by atoms with Crippen molar-refractivity contribution in [2.75, 3.05) is 11.1 Å². The summed E-state index contributed by atoms with van der Waals surface area (Å²) in [5.74, 6) is -0.742. The van der Waals surface area contributed by atoms with E-state index in [1.54, 1.807) is 18.2 Å². The Labute approximate surface area is 148 Å². The molecule has 3 aromatic rings. The summed E-state index contributed by atoms with van der Waals surface area (Å²) in [6.45, 7) is 0.136. The predicted octanol–water partition coefficient (Wildman–Crippen LogP) is 2.12. The number of sulfone groups is 1. The Bertz CT molecular complexity index is 1090. The number of hydrogen-bond acceptors (Lipinski definition) is 5. The van der Waals surface area contributed by atoms with Crippen LogP contribution in [0.15, 0.2) is 53.8 Å². The number of aromatic nitrogens is 3. The highest BCUT2D eigenvalue weighted by Crippen LogP contribution is 2.30. The third-order valence-corrected chi connectivity index (χ3v) is 5.62. The fraction of sp³-hybridized carbons (Fsp3) is 0.118. The van der Waals surface area contributed by atoms with Crippen LogP contribution >= 0.6 is 0 Å². The molecule has 1 aliphatic rings. The lowest BCUT2D eigenvalue weighted by atomic mass is 10.1. The molecule has 1 N–H and O–H groups in total. The maximum atomic E-state index is 13.2. The molecule has 0 unspecified atom stereocenters. The van der Waals surface area contributed by atoms with Gasteiger partial charge in [-0.05, 0) is 36.4 Å². The fourth-order valence-electron chi connectivity index (χ4n) is 2.83. The summed E-state index contributed by atoms with van der Waals surface area (Å²) in [7, 11) is -3.55. The second-order valence-corrected chi connectivity index (χ2v) is 7.74. The van der Waals surface area contributed by atoms with E-state index in [-0.39, 0.29) is 28.8 Å². The van der Waals surface area contributed by atoms with Crippen molar-refractivity contribution in [2.45, 2.75) is 11.7 Å². The van der Waals surface area contributed by atoms with E-state index < -0.39 is 21.6 Å². The number of fused-ring (bicyclic) bond motifs is 1. The molecule has 1 aliphatic heterocycles. The molecule has 7 nitrogen and oxygen atoms in total. The highest BCUT2D eigenvalue weighted by atomic mass is 32.2. The van der Waals surface area contributed by atoms with Crippen LogP contribution in [0.1, 0.15) is 10.5 Å². The van der Waals surface area contributed by atoms with Gasteiger partial charge >= 0.3 is 0 Å². The molecule has 1 amide bonds. The van der Waals surface area contributed by atoms with E-state index in [0.717, 1.165) is 0 Å². The smallest absolute Gasteiger partial charge is 0.275 e. The lowest BCUT2D eigenvalue weighted by Crippen LogP contribution is -2.18. The number of halogens is 1. The van der Waals surface area contributed by atoms with Crippen molar-refractivity contribution < 1.29 is 17.6 Å². The number of nitrogens with zero attached hydrogens (tertiary/aromatic N) is 3. The summed E-state index contributed by atoms with van der Waals surface area (Å²) >= 11 is 0. The zero-order valence-corrected chi connectivity index (χ0v) is 14.2. The van der Waals surface area contributed by atoms with Crippen LogP contribution in [0.4, 0.5) is 10.2 Å². The summed E-state index contributed by atoms with van der Waals surface area (Å²) in [4.78, 5) is 21.0. The molecule has 4 rings (SSSR count). The minimum atomic E-state index is -3.55. The average Bonchev–Trinajstić information content (AvgIpc) is 3.14. The van der Waals surface area contributed by atoms with E-state index in [9.17, 15) is 17.6 Å². The molecule has 1 aromatic carbocycles. The number of carbonyl (C=O) groups excluding carboxylic acids is 1. The molecule has 0 atom stereocenters. The fourth-order valence-corrected chi connectivity index (χ4v) is 4.19. The molecular weight excluding hydrogens is 359 g/mol. The van der Waals surface area contributed by atoms with Crippen molar-refractivity contribution in [2.24, 2.45) is 0 Å². The molecule has 0 radical (unpaired) electrons. The summed E-state index contributed by atoms with van der Waals surface area (Å²) < 4.78 is 39.0. The SMILES string of the molecule is O=C(Nc1ccccn1)c1c(-c2ccc(F)cc2)nc2n1CCS2(=O)=O. The number of anilines is 1. The highest BCUT2D eigenvalue weighted by Gasteiger charge is 2.35. The van der Waals surface area contributed by atoms with Gasteiger partial charge in [-0.15, -0.1) is 0 Å². The number of benzene rings is 1. The monoisotopic (exact) mass is 372 g/mol. The first-order valence-electron chi connectivity index (χ1n) is 7.77. The number of rotatable bonds is 3. The highest BCUT2D eigenvalue weighted by molar-refractivity contribution is 7.91. The number of carbonyl (C=O) groups is 1. The molecule has 0 saturated heterocycles. The molecule has 0 spiro atoms. The van der Waals surface area contributed by atoms with Crippen molar-refractivity contribution >= 4 is 21.6 Å². The first kappa shape index (κ1) is 16.4. The van der Waals surface area contributed by atoms with Gasteiger partial charge in [-0.3, -0.25) is 4.79 Å². The van der Waals surface area contributed by atoms with Crippen LogP contribution in [0, 0.1) is 5.82 Å². The number of nitrogens with one attached hydrogen (secondary N) is 1. The van der Waals surface area contributed by atoms with Gasteiger partial charge in [0.1, 0.15) is 23.0 Å². The molecule has 0 aliphatic carbocycles. The topological polar surface area (TPSA) is 93.9 Å². The van der Waals surface area contributed by atoms with Crippen LogP contribution in [-0.4, -0.2) is 34.6 Å². The number of amides is 1. The van der Waals surface area contributed by atoms with Gasteiger partial charge in [-0.25, -0.2) is 22.8 Å². The van der Waals surface area contributed by atoms with Crippen LogP contribution in [0.3, 0.4) is 0 Å². The van der Waals surface area contributed by atoms with Crippen LogP contribution < -0.4 is 5.32 Å². The van der Waals surface area contributed by atoms with E-state index in [1.165, 1.54) is 35.0 Å². The van der Waals surface area contributed by atoms with E-state index >= 15 is 0 Å². The lowest BCUT2D eigenvalue weighted by molar-refractivity contribution is 0.101. The van der Waals surface area contributed by atoms with Gasteiger partial charge in [0.2, 0.25) is 15.0 Å². The van der Waals surface area contributed by atoms with E-state index in [1.807, 2.05) is 0 Å². The number of pyridine rings is 1. The Morgan fingerprint density at radius 1 is 1.15 bits per heavy atom. The first-order chi connectivity index (χ1) is 12.5. The summed E-state index contributed by atoms with van der Waals surface area (Å²) in [5, 5.41) is 2.49. The number of imidazole rings is 1. The van der Waals surface area contributed by atoms with Gasteiger partial charge in [-0.1, -0.05) is 6.07 Å². The van der Waals surface area contributed by atoms with Crippen molar-refractivity contribution in [1.82, 2.24) is 14.5 Å². The summed E-state index contributed by atoms with van der Waals surface area (Å²) in [6, 6.07) is 10.4. The molecule has 3 heterocycles. The molecule has 26 heavy (non-hydrogen) atoms. The van der Waals surface area contributed by atoms with E-state index in [0.29, 0.717) is 11.4 Å². The van der Waals surface area contributed by atoms with Crippen molar-refractivity contribution in [3.8, 4) is 11.3 Å². The molecule has 132 valence electrons. The molecule has 2 aromatic heterocycles. The second kappa shape index (κ2) is 6.03. The molecule has 0 bridgehead atoms. The summed E-state index contributed by atoms with van der Waals surface area (Å²) in [6.07, 6.45) is 1.53. The molecular formula is C17H13FN4O3S. The zero-order chi connectivity index (χ0) is 18.3. The predicted molar refractivity (Wildman–Crippen MR) is 91.9 cm³/mol. The van der Waals surface area contributed by atoms with Crippen LogP contribution in [0.2, 0.25) is 0 Å². The van der Waals surface area contributed by atoms with Gasteiger partial charge in [-0.2, -0.15) is 0 Å². The Morgan fingerprint density at radius 2 is 1.92 bits per heavy atom. The van der Waals surface area contributed by atoms with Gasteiger partial charge in [0.15, 0.2) is 0 Å². The average molecular weight is 372 g/mol. The first-order valence-corrected chi connectivity index (χ1v) is 9.42. The van der Waals surface area contributed by atoms with E-state index in [4.69, 9.17) is 0 Å². The Morgan fingerprint density at radius 3 is 2.62 bits per heavy atom. The molecule has 0 fully saturated rings. The van der Waals surface area contributed by atoms with Crippen LogP contribution in [0.5, 0.6) is 0 Å². The number of hydrogen-bond donors (Lipinski definition) is 1. The third-order valence-electron chi connectivity index (χ3n) is 4.03. The minimum Gasteiger partial charge on any atom is -0.309 e. The van der Waals surface area contributed by atoms with E-state index in [2.05, 4.69) is 15.3 Å². The van der Waals surface area contributed by atoms with Crippen LogP contribution in [-0.2, 0) is 16.4 Å². The quantitative estimate of drug-likeness (QED) is 0.760. The maximum absolute atomic E-state index is 13.2. The Balaban J connectivity index is 1.84. The molecule has 0 saturated carbocycles. The summed E-state index contributed by atoms with van der Waals surface area (Å²) in [5.41, 5.74) is 0.754. The standard InChI is InChI=1S/C17H13FN4O3S/c18-12-6-4-11(5-7-12)14-15(16(23)20-13-3-1-2-8-19-13)22-9-10-26(24,25)17(22)21-14/h1-8H,9-10H2,(H,19,20,23). The lowest BCUT2D eigenvalue weighted by Gasteiger charge is -2.08. The molecule has 9 heteroatoms. The Hall–Kier alpha value is -3.07. The maximum Gasteiger partial charge on any atom is 0.275 e. The largest absolute Gasteiger partial charge is 0.309 e. The minimum absolute atomic E-state index is 0.108. The van der Waals surface area contributed by atoms with Crippen molar-refractivity contribution in [1.29, 1.82) is 0 Å². The van der Waals surface area contributed by atoms with Crippen molar-refractivity contribution in [3.63, 3.8) is 0 Å². The van der Waals surface area contributed by atoms with Gasteiger partial charge < -0.3 is 9.88 Å². The third kappa shape index (κ3) is 2.76. The zero-order valence-electron chi connectivity index (χ0n) is 13.4. The van der Waals surface area contributed by atoms with Crippen molar-refractivity contribution in [3.05, 3.63) is 60.2 Å². The second-order valence-electron chi connectivity index (χ2n) is 5.74. The van der Waals surface area contributed by atoms with Gasteiger partial charge in [0, 0.05) is 18.3 Å². The van der Waals surface area contributed by atoms with Crippen LogP contribution in [0.25, 0.3) is 11.3 Å². The van der Waals surface area contributed by atoms with Gasteiger partial charge in [0.25, 0.3) is 5.91 Å².